The van der Waals surface area contributed by atoms with Gasteiger partial charge < -0.3 is 14.9 Å². The van der Waals surface area contributed by atoms with Crippen molar-refractivity contribution in [1.82, 2.24) is 9.80 Å². The van der Waals surface area contributed by atoms with Gasteiger partial charge in [0.2, 0.25) is 0 Å². The zero-order chi connectivity index (χ0) is 15.0. The van der Waals surface area contributed by atoms with Crippen molar-refractivity contribution in [3.8, 4) is 0 Å². The second-order valence-corrected chi connectivity index (χ2v) is 6.25. The third-order valence-corrected chi connectivity index (χ3v) is 4.52. The Hall–Kier alpha value is -0.910. The van der Waals surface area contributed by atoms with Gasteiger partial charge >= 0.3 is 12.0 Å². The first-order valence-electron chi connectivity index (χ1n) is 7.47. The van der Waals surface area contributed by atoms with E-state index >= 15 is 0 Å². The number of aliphatic carboxylic acids is 1. The van der Waals surface area contributed by atoms with Crippen molar-refractivity contribution in [3.63, 3.8) is 0 Å². The summed E-state index contributed by atoms with van der Waals surface area (Å²) in [6, 6.07) is -0.772. The first-order valence-corrected chi connectivity index (χ1v) is 8.63. The Bertz CT molecular complexity index is 318. The minimum atomic E-state index is -0.892. The van der Waals surface area contributed by atoms with Crippen LogP contribution >= 0.6 is 11.8 Å². The molecule has 0 spiro atoms. The number of carboxylic acids is 1. The van der Waals surface area contributed by atoms with Crippen LogP contribution in [0.5, 0.6) is 0 Å². The fraction of sp³-hybridized carbons (Fsp3) is 0.857. The number of unbranched alkanes of at least 4 members (excludes halogenated alkanes) is 2. The second-order valence-electron chi connectivity index (χ2n) is 5.10. The van der Waals surface area contributed by atoms with Crippen molar-refractivity contribution in [3.05, 3.63) is 0 Å². The summed E-state index contributed by atoms with van der Waals surface area (Å²) >= 11 is 1.61. The van der Waals surface area contributed by atoms with E-state index in [0.29, 0.717) is 12.3 Å². The first-order chi connectivity index (χ1) is 9.61. The highest BCUT2D eigenvalue weighted by Gasteiger charge is 2.34. The number of carbonyl (C=O) groups excluding carboxylic acids is 1. The SMILES string of the molecule is CCCCN(CCCC)C(=O)N1CCSCC1C(=O)O. The van der Waals surface area contributed by atoms with Crippen LogP contribution in [-0.2, 0) is 4.79 Å². The lowest BCUT2D eigenvalue weighted by Crippen LogP contribution is -2.55. The summed E-state index contributed by atoms with van der Waals surface area (Å²) in [6.45, 7) is 6.19. The van der Waals surface area contributed by atoms with Crippen LogP contribution in [-0.4, -0.2) is 64.1 Å². The van der Waals surface area contributed by atoms with E-state index in [-0.39, 0.29) is 6.03 Å². The monoisotopic (exact) mass is 302 g/mol. The third-order valence-electron chi connectivity index (χ3n) is 3.49. The van der Waals surface area contributed by atoms with E-state index in [1.54, 1.807) is 16.7 Å². The largest absolute Gasteiger partial charge is 0.480 e. The average Bonchev–Trinajstić information content (AvgIpc) is 2.46. The van der Waals surface area contributed by atoms with Gasteiger partial charge in [-0.3, -0.25) is 0 Å². The average molecular weight is 302 g/mol. The summed E-state index contributed by atoms with van der Waals surface area (Å²) in [5.74, 6) is 0.429. The molecular weight excluding hydrogens is 276 g/mol. The third kappa shape index (κ3) is 4.89. The number of urea groups is 1. The summed E-state index contributed by atoms with van der Waals surface area (Å²) < 4.78 is 0. The van der Waals surface area contributed by atoms with E-state index in [1.807, 2.05) is 4.90 Å². The molecule has 2 amide bonds. The van der Waals surface area contributed by atoms with Crippen molar-refractivity contribution in [2.75, 3.05) is 31.1 Å². The van der Waals surface area contributed by atoms with Gasteiger partial charge in [-0.1, -0.05) is 26.7 Å². The molecule has 20 heavy (non-hydrogen) atoms. The molecule has 0 aromatic heterocycles. The Labute approximate surface area is 125 Å². The zero-order valence-corrected chi connectivity index (χ0v) is 13.3. The number of hydrogen-bond acceptors (Lipinski definition) is 3. The molecule has 0 aliphatic carbocycles. The molecule has 1 rings (SSSR count). The Morgan fingerprint density at radius 3 is 2.35 bits per heavy atom. The number of hydrogen-bond donors (Lipinski definition) is 1. The van der Waals surface area contributed by atoms with Crippen molar-refractivity contribution >= 4 is 23.8 Å². The summed E-state index contributed by atoms with van der Waals surface area (Å²) in [6.07, 6.45) is 4.01. The van der Waals surface area contributed by atoms with Gasteiger partial charge in [-0.05, 0) is 12.8 Å². The number of nitrogens with zero attached hydrogens (tertiary/aromatic N) is 2. The lowest BCUT2D eigenvalue weighted by molar-refractivity contribution is -0.141. The van der Waals surface area contributed by atoms with E-state index < -0.39 is 12.0 Å². The molecule has 1 N–H and O–H groups in total. The fourth-order valence-electron chi connectivity index (χ4n) is 2.22. The molecule has 1 heterocycles. The minimum absolute atomic E-state index is 0.0976. The lowest BCUT2D eigenvalue weighted by atomic mass is 10.2. The number of carbonyl (C=O) groups is 2. The topological polar surface area (TPSA) is 60.9 Å². The van der Waals surface area contributed by atoms with Gasteiger partial charge in [0.1, 0.15) is 6.04 Å². The molecule has 1 fully saturated rings. The van der Waals surface area contributed by atoms with Crippen molar-refractivity contribution in [2.24, 2.45) is 0 Å². The van der Waals surface area contributed by atoms with E-state index in [1.165, 1.54) is 0 Å². The Morgan fingerprint density at radius 2 is 1.85 bits per heavy atom. The number of amides is 2. The number of thioether (sulfide) groups is 1. The summed E-state index contributed by atoms with van der Waals surface area (Å²) in [5.41, 5.74) is 0. The molecule has 5 nitrogen and oxygen atoms in total. The van der Waals surface area contributed by atoms with Gasteiger partial charge in [-0.25, -0.2) is 9.59 Å². The quantitative estimate of drug-likeness (QED) is 0.785. The van der Waals surface area contributed by atoms with Gasteiger partial charge in [0, 0.05) is 31.1 Å². The van der Waals surface area contributed by atoms with E-state index in [2.05, 4.69) is 13.8 Å². The lowest BCUT2D eigenvalue weighted by Gasteiger charge is -2.36. The van der Waals surface area contributed by atoms with E-state index in [0.717, 1.165) is 44.5 Å². The summed E-state index contributed by atoms with van der Waals surface area (Å²) in [7, 11) is 0. The first kappa shape index (κ1) is 17.1. The van der Waals surface area contributed by atoms with Crippen LogP contribution in [0, 0.1) is 0 Å². The standard InChI is InChI=1S/C14H26N2O3S/c1-3-5-7-15(8-6-4-2)14(19)16-9-10-20-11-12(16)13(17)18/h12H,3-11H2,1-2H3,(H,17,18). The number of carboxylic acid groups (broad SMARTS) is 1. The van der Waals surface area contributed by atoms with Gasteiger partial charge in [0.25, 0.3) is 0 Å². The highest BCUT2D eigenvalue weighted by molar-refractivity contribution is 7.99. The van der Waals surface area contributed by atoms with Gasteiger partial charge in [0.05, 0.1) is 0 Å². The molecule has 1 unspecified atom stereocenters. The molecular formula is C14H26N2O3S. The van der Waals surface area contributed by atoms with Crippen LogP contribution in [0.1, 0.15) is 39.5 Å². The molecule has 116 valence electrons. The van der Waals surface area contributed by atoms with Gasteiger partial charge in [-0.2, -0.15) is 11.8 Å². The fourth-order valence-corrected chi connectivity index (χ4v) is 3.26. The molecule has 0 aromatic rings. The Kier molecular flexibility index (Phi) is 7.80. The molecule has 0 bridgehead atoms. The van der Waals surface area contributed by atoms with Gasteiger partial charge in [-0.15, -0.1) is 0 Å². The maximum absolute atomic E-state index is 12.6. The minimum Gasteiger partial charge on any atom is -0.480 e. The highest BCUT2D eigenvalue weighted by atomic mass is 32.2. The normalized spacial score (nSPS) is 18.9. The van der Waals surface area contributed by atoms with E-state index in [4.69, 9.17) is 0 Å². The smallest absolute Gasteiger partial charge is 0.327 e. The highest BCUT2D eigenvalue weighted by Crippen LogP contribution is 2.19. The van der Waals surface area contributed by atoms with Gasteiger partial charge in [0.15, 0.2) is 0 Å². The van der Waals surface area contributed by atoms with Crippen LogP contribution in [0.3, 0.4) is 0 Å². The predicted octanol–water partition coefficient (Wildman–Crippen LogP) is 2.51. The van der Waals surface area contributed by atoms with Crippen LogP contribution in [0.4, 0.5) is 4.79 Å². The molecule has 1 aliphatic heterocycles. The molecule has 0 radical (unpaired) electrons. The summed E-state index contributed by atoms with van der Waals surface area (Å²) in [5, 5.41) is 9.27. The van der Waals surface area contributed by atoms with Crippen LogP contribution in [0.2, 0.25) is 0 Å². The molecule has 0 saturated carbocycles. The molecule has 1 aliphatic rings. The Balaban J connectivity index is 2.71. The molecule has 6 heteroatoms. The molecule has 1 saturated heterocycles. The van der Waals surface area contributed by atoms with Crippen molar-refractivity contribution < 1.29 is 14.7 Å². The predicted molar refractivity (Wildman–Crippen MR) is 82.2 cm³/mol. The molecule has 0 aromatic carbocycles. The van der Waals surface area contributed by atoms with Crippen molar-refractivity contribution in [1.29, 1.82) is 0 Å². The Morgan fingerprint density at radius 1 is 1.25 bits per heavy atom. The maximum atomic E-state index is 12.6. The maximum Gasteiger partial charge on any atom is 0.327 e. The van der Waals surface area contributed by atoms with Crippen molar-refractivity contribution in [2.45, 2.75) is 45.6 Å². The van der Waals surface area contributed by atoms with Crippen LogP contribution < -0.4 is 0 Å². The summed E-state index contributed by atoms with van der Waals surface area (Å²) in [4.78, 5) is 27.3. The number of rotatable bonds is 7. The zero-order valence-electron chi connectivity index (χ0n) is 12.5. The van der Waals surface area contributed by atoms with E-state index in [9.17, 15) is 14.7 Å². The second kappa shape index (κ2) is 9.10. The van der Waals surface area contributed by atoms with Crippen LogP contribution in [0.15, 0.2) is 0 Å². The van der Waals surface area contributed by atoms with Crippen LogP contribution in [0.25, 0.3) is 0 Å². The molecule has 1 atom stereocenters.